The van der Waals surface area contributed by atoms with Crippen LogP contribution in [0.3, 0.4) is 0 Å². The highest BCUT2D eigenvalue weighted by atomic mass is 32.2. The fraction of sp³-hybridized carbons (Fsp3) is 0.350. The van der Waals surface area contributed by atoms with Crippen LogP contribution in [-0.4, -0.2) is 28.6 Å². The van der Waals surface area contributed by atoms with E-state index in [1.54, 1.807) is 30.6 Å². The number of benzene rings is 1. The van der Waals surface area contributed by atoms with Crippen molar-refractivity contribution in [1.82, 2.24) is 9.97 Å². The van der Waals surface area contributed by atoms with Crippen molar-refractivity contribution in [3.63, 3.8) is 0 Å². The molecular formula is C20H22N2O2S2. The van der Waals surface area contributed by atoms with Crippen molar-refractivity contribution in [2.24, 2.45) is 0 Å². The minimum atomic E-state index is 0.0889. The van der Waals surface area contributed by atoms with Crippen molar-refractivity contribution < 1.29 is 9.53 Å². The number of methoxy groups -OCH3 is 1. The Bertz CT molecular complexity index is 933. The van der Waals surface area contributed by atoms with Crippen molar-refractivity contribution in [2.45, 2.75) is 38.6 Å². The number of thioether (sulfide) groups is 1. The number of hydrogen-bond acceptors (Lipinski definition) is 6. The molecule has 0 saturated carbocycles. The van der Waals surface area contributed by atoms with Crippen LogP contribution in [0.5, 0.6) is 5.75 Å². The first-order valence-electron chi connectivity index (χ1n) is 8.60. The second kappa shape index (κ2) is 8.18. The molecule has 0 saturated heterocycles. The molecule has 3 aromatic rings. The van der Waals surface area contributed by atoms with Crippen LogP contribution in [0.15, 0.2) is 29.3 Å². The third-order valence-electron chi connectivity index (χ3n) is 4.27. The van der Waals surface area contributed by atoms with Crippen LogP contribution in [-0.2, 0) is 6.42 Å². The summed E-state index contributed by atoms with van der Waals surface area (Å²) in [6.07, 6.45) is 1.86. The van der Waals surface area contributed by atoms with Crippen molar-refractivity contribution in [3.05, 3.63) is 46.1 Å². The van der Waals surface area contributed by atoms with E-state index >= 15 is 0 Å². The van der Waals surface area contributed by atoms with Gasteiger partial charge in [-0.15, -0.1) is 11.3 Å². The molecular weight excluding hydrogens is 364 g/mol. The molecule has 136 valence electrons. The molecule has 0 aliphatic carbocycles. The number of ketones is 1. The van der Waals surface area contributed by atoms with Crippen LogP contribution in [0.2, 0.25) is 0 Å². The second-order valence-corrected chi connectivity index (χ2v) is 8.27. The molecule has 2 aromatic heterocycles. The Labute approximate surface area is 162 Å². The van der Waals surface area contributed by atoms with Gasteiger partial charge in [0.1, 0.15) is 21.4 Å². The van der Waals surface area contributed by atoms with Gasteiger partial charge in [0.15, 0.2) is 5.78 Å². The van der Waals surface area contributed by atoms with Crippen LogP contribution in [0.25, 0.3) is 10.2 Å². The molecule has 0 atom stereocenters. The van der Waals surface area contributed by atoms with Gasteiger partial charge in [0.05, 0.1) is 12.9 Å². The Kier molecular flexibility index (Phi) is 5.94. The fourth-order valence-corrected chi connectivity index (χ4v) is 4.80. The van der Waals surface area contributed by atoms with Crippen molar-refractivity contribution in [1.29, 1.82) is 0 Å². The number of carbonyl (C=O) groups excluding carboxylic acids is 1. The van der Waals surface area contributed by atoms with E-state index in [1.165, 1.54) is 22.2 Å². The lowest BCUT2D eigenvalue weighted by molar-refractivity contribution is 0.102. The standard InChI is InChI=1S/C20H22N2O2S2/c1-5-6-17-21-19(18-12(2)13(3)26-20(18)22-17)25-11-16(23)14-7-9-15(24-4)10-8-14/h7-10H,5-6,11H2,1-4H3. The summed E-state index contributed by atoms with van der Waals surface area (Å²) < 4.78 is 5.15. The zero-order valence-electron chi connectivity index (χ0n) is 15.5. The number of aromatic nitrogens is 2. The summed E-state index contributed by atoms with van der Waals surface area (Å²) in [7, 11) is 1.62. The van der Waals surface area contributed by atoms with E-state index in [2.05, 4.69) is 20.8 Å². The molecule has 0 spiro atoms. The molecule has 0 fully saturated rings. The molecule has 0 bridgehead atoms. The Morgan fingerprint density at radius 1 is 1.19 bits per heavy atom. The van der Waals surface area contributed by atoms with Gasteiger partial charge in [0.2, 0.25) is 0 Å². The van der Waals surface area contributed by atoms with Crippen molar-refractivity contribution in [2.75, 3.05) is 12.9 Å². The van der Waals surface area contributed by atoms with Crippen LogP contribution in [0.1, 0.15) is 40.0 Å². The maximum atomic E-state index is 12.6. The van der Waals surface area contributed by atoms with Gasteiger partial charge in [-0.05, 0) is 50.1 Å². The Balaban J connectivity index is 1.85. The predicted octanol–water partition coefficient (Wildman–Crippen LogP) is 5.24. The molecule has 0 aliphatic heterocycles. The van der Waals surface area contributed by atoms with Gasteiger partial charge in [0, 0.05) is 22.2 Å². The smallest absolute Gasteiger partial charge is 0.173 e. The summed E-state index contributed by atoms with van der Waals surface area (Å²) in [5.41, 5.74) is 1.91. The number of carbonyl (C=O) groups is 1. The van der Waals surface area contributed by atoms with Crippen LogP contribution >= 0.6 is 23.1 Å². The number of aryl methyl sites for hydroxylation is 3. The van der Waals surface area contributed by atoms with E-state index in [1.807, 2.05) is 12.1 Å². The maximum absolute atomic E-state index is 12.6. The molecule has 4 nitrogen and oxygen atoms in total. The molecule has 0 amide bonds. The lowest BCUT2D eigenvalue weighted by atomic mass is 10.1. The highest BCUT2D eigenvalue weighted by Crippen LogP contribution is 2.35. The Hall–Kier alpha value is -1.92. The number of fused-ring (bicyclic) bond motifs is 1. The first kappa shape index (κ1) is 18.9. The normalized spacial score (nSPS) is 11.1. The van der Waals surface area contributed by atoms with Crippen LogP contribution < -0.4 is 4.74 Å². The van der Waals surface area contributed by atoms with Crippen LogP contribution in [0, 0.1) is 13.8 Å². The minimum absolute atomic E-state index is 0.0889. The minimum Gasteiger partial charge on any atom is -0.497 e. The van der Waals surface area contributed by atoms with Gasteiger partial charge in [-0.25, -0.2) is 9.97 Å². The number of thiophene rings is 1. The molecule has 0 radical (unpaired) electrons. The molecule has 26 heavy (non-hydrogen) atoms. The number of Topliss-reactive ketones (excluding diaryl/α,β-unsaturated/α-hetero) is 1. The molecule has 0 N–H and O–H groups in total. The Morgan fingerprint density at radius 3 is 2.58 bits per heavy atom. The van der Waals surface area contributed by atoms with E-state index in [-0.39, 0.29) is 5.78 Å². The molecule has 6 heteroatoms. The summed E-state index contributed by atoms with van der Waals surface area (Å²) >= 11 is 3.21. The van der Waals surface area contributed by atoms with Gasteiger partial charge in [-0.1, -0.05) is 18.7 Å². The fourth-order valence-electron chi connectivity index (χ4n) is 2.69. The third-order valence-corrected chi connectivity index (χ3v) is 6.34. The van der Waals surface area contributed by atoms with E-state index < -0.39 is 0 Å². The molecule has 3 rings (SSSR count). The van der Waals surface area contributed by atoms with Gasteiger partial charge in [-0.3, -0.25) is 4.79 Å². The van der Waals surface area contributed by atoms with E-state index in [4.69, 9.17) is 14.7 Å². The number of rotatable bonds is 7. The summed E-state index contributed by atoms with van der Waals surface area (Å²) in [4.78, 5) is 24.3. The highest BCUT2D eigenvalue weighted by molar-refractivity contribution is 8.00. The average Bonchev–Trinajstić information content (AvgIpc) is 2.94. The predicted molar refractivity (Wildman–Crippen MR) is 109 cm³/mol. The largest absolute Gasteiger partial charge is 0.497 e. The van der Waals surface area contributed by atoms with Gasteiger partial charge in [0.25, 0.3) is 0 Å². The van der Waals surface area contributed by atoms with E-state index in [0.29, 0.717) is 11.3 Å². The lowest BCUT2D eigenvalue weighted by Crippen LogP contribution is -2.04. The number of hydrogen-bond donors (Lipinski definition) is 0. The van der Waals surface area contributed by atoms with Crippen molar-refractivity contribution >= 4 is 39.1 Å². The van der Waals surface area contributed by atoms with Gasteiger partial charge < -0.3 is 4.74 Å². The van der Waals surface area contributed by atoms with E-state index in [9.17, 15) is 4.79 Å². The zero-order valence-corrected chi connectivity index (χ0v) is 17.1. The topological polar surface area (TPSA) is 52.1 Å². The summed E-state index contributed by atoms with van der Waals surface area (Å²) in [6, 6.07) is 7.23. The molecule has 0 unspecified atom stereocenters. The van der Waals surface area contributed by atoms with Crippen molar-refractivity contribution in [3.8, 4) is 5.75 Å². The second-order valence-electron chi connectivity index (χ2n) is 6.10. The molecule has 0 aliphatic rings. The quantitative estimate of drug-likeness (QED) is 0.315. The first-order chi connectivity index (χ1) is 12.5. The molecule has 2 heterocycles. The Morgan fingerprint density at radius 2 is 1.92 bits per heavy atom. The van der Waals surface area contributed by atoms with Crippen LogP contribution in [0.4, 0.5) is 0 Å². The van der Waals surface area contributed by atoms with E-state index in [0.717, 1.165) is 39.7 Å². The SMILES string of the molecule is CCCc1nc(SCC(=O)c2ccc(OC)cc2)c2c(C)c(C)sc2n1. The highest BCUT2D eigenvalue weighted by Gasteiger charge is 2.16. The number of ether oxygens (including phenoxy) is 1. The first-order valence-corrected chi connectivity index (χ1v) is 10.4. The number of nitrogens with zero attached hydrogens (tertiary/aromatic N) is 2. The molecule has 1 aromatic carbocycles. The third kappa shape index (κ3) is 3.91. The summed E-state index contributed by atoms with van der Waals surface area (Å²) in [5, 5.41) is 2.02. The maximum Gasteiger partial charge on any atom is 0.173 e. The zero-order chi connectivity index (χ0) is 18.7. The monoisotopic (exact) mass is 386 g/mol. The van der Waals surface area contributed by atoms with Gasteiger partial charge in [-0.2, -0.15) is 0 Å². The summed E-state index contributed by atoms with van der Waals surface area (Å²) in [6.45, 7) is 6.34. The lowest BCUT2D eigenvalue weighted by Gasteiger charge is -2.07. The average molecular weight is 387 g/mol. The summed E-state index contributed by atoms with van der Waals surface area (Å²) in [5.74, 6) is 2.06. The van der Waals surface area contributed by atoms with Gasteiger partial charge >= 0.3 is 0 Å².